The number of nitro benzene ring substituents is 1. The number of carbonyl (C=O) groups excluding carboxylic acids is 1. The summed E-state index contributed by atoms with van der Waals surface area (Å²) in [5, 5.41) is 10.8. The number of nitrogens with zero attached hydrogens (tertiary/aromatic N) is 1. The molecule has 0 fully saturated rings. The smallest absolute Gasteiger partial charge is 0.276 e. The normalized spacial score (nSPS) is 10.2. The molecule has 1 aromatic rings. The predicted octanol–water partition coefficient (Wildman–Crippen LogP) is 1.50. The third-order valence-electron chi connectivity index (χ3n) is 2.24. The van der Waals surface area contributed by atoms with Crippen LogP contribution in [-0.2, 0) is 16.0 Å². The number of rotatable bonds is 6. The minimum atomic E-state index is -0.841. The van der Waals surface area contributed by atoms with Crippen molar-refractivity contribution in [3.63, 3.8) is 0 Å². The summed E-state index contributed by atoms with van der Waals surface area (Å²) in [6, 6.07) is 1.90. The zero-order chi connectivity index (χ0) is 13.7. The van der Waals surface area contributed by atoms with Crippen molar-refractivity contribution in [3.8, 4) is 5.75 Å². The molecule has 0 saturated carbocycles. The lowest BCUT2D eigenvalue weighted by atomic mass is 10.1. The number of halogens is 1. The Labute approximate surface area is 102 Å². The van der Waals surface area contributed by atoms with E-state index in [1.165, 1.54) is 14.2 Å². The fraction of sp³-hybridized carbons (Fsp3) is 0.364. The molecule has 0 N–H and O–H groups in total. The monoisotopic (exact) mass is 257 g/mol. The Morgan fingerprint density at radius 1 is 1.44 bits per heavy atom. The summed E-state index contributed by atoms with van der Waals surface area (Å²) in [6.45, 7) is -0.156. The van der Waals surface area contributed by atoms with Gasteiger partial charge in [0.1, 0.15) is 6.61 Å². The third-order valence-corrected chi connectivity index (χ3v) is 2.24. The minimum Gasteiger partial charge on any atom is -0.494 e. The molecule has 0 amide bonds. The molecule has 6 nitrogen and oxygen atoms in total. The predicted molar refractivity (Wildman–Crippen MR) is 60.2 cm³/mol. The van der Waals surface area contributed by atoms with Crippen LogP contribution in [0.1, 0.15) is 5.56 Å². The number of ether oxygens (including phenoxy) is 2. The van der Waals surface area contributed by atoms with Crippen molar-refractivity contribution < 1.29 is 23.6 Å². The van der Waals surface area contributed by atoms with Gasteiger partial charge in [0.2, 0.25) is 0 Å². The first-order valence-electron chi connectivity index (χ1n) is 5.01. The Hall–Kier alpha value is -2.02. The standard InChI is InChI=1S/C11H12FNO5/c1-17-6-8(14)3-7-4-11(18-2)9(12)5-10(7)13(15)16/h4-5H,3,6H2,1-2H3. The number of hydrogen-bond acceptors (Lipinski definition) is 5. The molecule has 0 spiro atoms. The average Bonchev–Trinajstić information content (AvgIpc) is 2.30. The largest absolute Gasteiger partial charge is 0.494 e. The zero-order valence-electron chi connectivity index (χ0n) is 9.94. The van der Waals surface area contributed by atoms with Gasteiger partial charge in [-0.25, -0.2) is 4.39 Å². The van der Waals surface area contributed by atoms with E-state index in [0.717, 1.165) is 12.1 Å². The third kappa shape index (κ3) is 3.24. The van der Waals surface area contributed by atoms with Crippen molar-refractivity contribution in [3.05, 3.63) is 33.6 Å². The molecule has 0 bridgehead atoms. The molecular weight excluding hydrogens is 245 g/mol. The van der Waals surface area contributed by atoms with E-state index in [-0.39, 0.29) is 30.1 Å². The number of Topliss-reactive ketones (excluding diaryl/α,β-unsaturated/α-hetero) is 1. The maximum absolute atomic E-state index is 13.3. The summed E-state index contributed by atoms with van der Waals surface area (Å²) in [5.41, 5.74) is -0.349. The van der Waals surface area contributed by atoms with Crippen molar-refractivity contribution in [2.45, 2.75) is 6.42 Å². The van der Waals surface area contributed by atoms with Crippen LogP contribution < -0.4 is 4.74 Å². The summed E-state index contributed by atoms with van der Waals surface area (Å²) < 4.78 is 22.7. The van der Waals surface area contributed by atoms with Crippen LogP contribution in [0.2, 0.25) is 0 Å². The maximum Gasteiger partial charge on any atom is 0.276 e. The van der Waals surface area contributed by atoms with Crippen LogP contribution in [0.4, 0.5) is 10.1 Å². The van der Waals surface area contributed by atoms with Gasteiger partial charge in [0.15, 0.2) is 17.3 Å². The van der Waals surface area contributed by atoms with Gasteiger partial charge < -0.3 is 9.47 Å². The first-order chi connectivity index (χ1) is 8.49. The molecule has 0 aliphatic rings. The van der Waals surface area contributed by atoms with E-state index in [2.05, 4.69) is 4.74 Å². The number of hydrogen-bond donors (Lipinski definition) is 0. The Morgan fingerprint density at radius 2 is 2.11 bits per heavy atom. The molecular formula is C11H12FNO5. The molecule has 0 aliphatic carbocycles. The Bertz CT molecular complexity index is 475. The van der Waals surface area contributed by atoms with E-state index in [1.807, 2.05) is 0 Å². The van der Waals surface area contributed by atoms with Crippen LogP contribution in [0.5, 0.6) is 5.75 Å². The molecule has 1 rings (SSSR count). The molecule has 0 saturated heterocycles. The molecule has 0 atom stereocenters. The van der Waals surface area contributed by atoms with Crippen LogP contribution in [-0.4, -0.2) is 31.5 Å². The molecule has 18 heavy (non-hydrogen) atoms. The number of benzene rings is 1. The summed E-state index contributed by atoms with van der Waals surface area (Å²) in [5.74, 6) is -1.32. The van der Waals surface area contributed by atoms with E-state index in [4.69, 9.17) is 4.74 Å². The molecule has 0 aliphatic heterocycles. The lowest BCUT2D eigenvalue weighted by molar-refractivity contribution is -0.385. The van der Waals surface area contributed by atoms with E-state index in [0.29, 0.717) is 0 Å². The van der Waals surface area contributed by atoms with Crippen LogP contribution in [0.15, 0.2) is 12.1 Å². The van der Waals surface area contributed by atoms with E-state index in [1.54, 1.807) is 0 Å². The fourth-order valence-corrected chi connectivity index (χ4v) is 1.48. The highest BCUT2D eigenvalue weighted by atomic mass is 19.1. The van der Waals surface area contributed by atoms with E-state index < -0.39 is 16.4 Å². The van der Waals surface area contributed by atoms with Crippen molar-refractivity contribution >= 4 is 11.5 Å². The maximum atomic E-state index is 13.3. The van der Waals surface area contributed by atoms with Gasteiger partial charge in [-0.05, 0) is 6.07 Å². The summed E-state index contributed by atoms with van der Waals surface area (Å²) in [4.78, 5) is 21.4. The lowest BCUT2D eigenvalue weighted by Gasteiger charge is -2.06. The molecule has 98 valence electrons. The molecule has 0 heterocycles. The lowest BCUT2D eigenvalue weighted by Crippen LogP contribution is -2.11. The van der Waals surface area contributed by atoms with Crippen molar-refractivity contribution in [1.82, 2.24) is 0 Å². The van der Waals surface area contributed by atoms with Gasteiger partial charge in [-0.3, -0.25) is 14.9 Å². The van der Waals surface area contributed by atoms with Crippen LogP contribution in [0.25, 0.3) is 0 Å². The van der Waals surface area contributed by atoms with Gasteiger partial charge in [0.25, 0.3) is 5.69 Å². The second kappa shape index (κ2) is 6.06. The summed E-state index contributed by atoms with van der Waals surface area (Å²) in [6.07, 6.45) is -0.208. The molecule has 0 unspecified atom stereocenters. The highest BCUT2D eigenvalue weighted by Crippen LogP contribution is 2.28. The average molecular weight is 257 g/mol. The number of ketones is 1. The first kappa shape index (κ1) is 14.0. The second-order valence-corrected chi connectivity index (χ2v) is 3.52. The number of carbonyl (C=O) groups is 1. The quantitative estimate of drug-likeness (QED) is 0.570. The Balaban J connectivity index is 3.14. The molecule has 0 aromatic heterocycles. The summed E-state index contributed by atoms with van der Waals surface area (Å²) >= 11 is 0. The van der Waals surface area contributed by atoms with Crippen molar-refractivity contribution in [1.29, 1.82) is 0 Å². The van der Waals surface area contributed by atoms with Crippen LogP contribution in [0.3, 0.4) is 0 Å². The highest BCUT2D eigenvalue weighted by Gasteiger charge is 2.20. The number of nitro groups is 1. The van der Waals surface area contributed by atoms with E-state index in [9.17, 15) is 19.3 Å². The minimum absolute atomic E-state index is 0.0975. The van der Waals surface area contributed by atoms with Gasteiger partial charge >= 0.3 is 0 Å². The van der Waals surface area contributed by atoms with Gasteiger partial charge in [-0.1, -0.05) is 0 Å². The molecule has 1 aromatic carbocycles. The van der Waals surface area contributed by atoms with Gasteiger partial charge in [0, 0.05) is 19.1 Å². The van der Waals surface area contributed by atoms with Crippen molar-refractivity contribution in [2.24, 2.45) is 0 Å². The van der Waals surface area contributed by atoms with Crippen LogP contribution in [0, 0.1) is 15.9 Å². The van der Waals surface area contributed by atoms with Gasteiger partial charge in [-0.15, -0.1) is 0 Å². The summed E-state index contributed by atoms with van der Waals surface area (Å²) in [7, 11) is 2.59. The topological polar surface area (TPSA) is 78.7 Å². The van der Waals surface area contributed by atoms with Gasteiger partial charge in [0.05, 0.1) is 18.1 Å². The molecule has 7 heteroatoms. The SMILES string of the molecule is COCC(=O)Cc1cc(OC)c(F)cc1[N+](=O)[O-]. The van der Waals surface area contributed by atoms with Crippen LogP contribution >= 0.6 is 0 Å². The Kier molecular flexibility index (Phi) is 4.73. The second-order valence-electron chi connectivity index (χ2n) is 3.52. The highest BCUT2D eigenvalue weighted by molar-refractivity contribution is 5.83. The number of methoxy groups -OCH3 is 2. The first-order valence-corrected chi connectivity index (χ1v) is 5.01. The zero-order valence-corrected chi connectivity index (χ0v) is 9.94. The Morgan fingerprint density at radius 3 is 2.61 bits per heavy atom. The van der Waals surface area contributed by atoms with Gasteiger partial charge in [-0.2, -0.15) is 0 Å². The van der Waals surface area contributed by atoms with E-state index >= 15 is 0 Å². The fourth-order valence-electron chi connectivity index (χ4n) is 1.48. The van der Waals surface area contributed by atoms with Crippen molar-refractivity contribution in [2.75, 3.05) is 20.8 Å². The molecule has 0 radical (unpaired) electrons.